The molecule has 3 aromatic heterocycles. The molecule has 0 spiro atoms. The second-order valence-electron chi connectivity index (χ2n) is 11.2. The number of H-pyrrole nitrogens is 1. The summed E-state index contributed by atoms with van der Waals surface area (Å²) in [5, 5.41) is 21.9. The van der Waals surface area contributed by atoms with Crippen LogP contribution in [0.1, 0.15) is 18.4 Å². The van der Waals surface area contributed by atoms with E-state index in [4.69, 9.17) is 16.6 Å². The fourth-order valence-electron chi connectivity index (χ4n) is 5.55. The lowest BCUT2D eigenvalue weighted by molar-refractivity contribution is 0.293. The molecule has 6 aromatic rings. The Labute approximate surface area is 262 Å². The molecule has 0 amide bonds. The minimum Gasteiger partial charge on any atom is -0.368 e. The predicted octanol–water partition coefficient (Wildman–Crippen LogP) is 6.54. The van der Waals surface area contributed by atoms with Crippen LogP contribution in [0.25, 0.3) is 44.2 Å². The maximum absolute atomic E-state index is 6.63. The third-order valence-electron chi connectivity index (χ3n) is 7.89. The van der Waals surface area contributed by atoms with E-state index in [1.165, 1.54) is 5.56 Å². The molecule has 0 aliphatic carbocycles. The Morgan fingerprint density at radius 2 is 1.66 bits per heavy atom. The number of pyridine rings is 2. The van der Waals surface area contributed by atoms with Gasteiger partial charge < -0.3 is 15.1 Å². The van der Waals surface area contributed by atoms with E-state index in [2.05, 4.69) is 85.2 Å². The van der Waals surface area contributed by atoms with Gasteiger partial charge in [0.1, 0.15) is 5.82 Å². The highest BCUT2D eigenvalue weighted by atomic mass is 35.5. The summed E-state index contributed by atoms with van der Waals surface area (Å²) in [5.41, 5.74) is 5.18. The van der Waals surface area contributed by atoms with Crippen molar-refractivity contribution in [2.24, 2.45) is 0 Å². The summed E-state index contributed by atoms with van der Waals surface area (Å²) in [5.74, 6) is 1.40. The molecule has 0 aliphatic rings. The van der Waals surface area contributed by atoms with Crippen LogP contribution in [0.4, 0.5) is 5.82 Å². The Kier molecular flexibility index (Phi) is 9.36. The number of aromatic nitrogens is 6. The average Bonchev–Trinajstić information content (AvgIpc) is 3.59. The molecule has 0 bridgehead atoms. The van der Waals surface area contributed by atoms with Gasteiger partial charge in [-0.3, -0.25) is 4.98 Å². The lowest BCUT2D eigenvalue weighted by atomic mass is 10.0. The van der Waals surface area contributed by atoms with E-state index in [1.54, 1.807) is 0 Å². The number of hydrogen-bond acceptors (Lipinski definition) is 8. The molecule has 0 radical (unpaired) electrons. The zero-order valence-electron chi connectivity index (χ0n) is 25.0. The Bertz CT molecular complexity index is 1830. The summed E-state index contributed by atoms with van der Waals surface area (Å²) in [6.07, 6.45) is 5.98. The number of hydrogen-bond donors (Lipinski definition) is 2. The molecular weight excluding hydrogens is 570 g/mol. The second kappa shape index (κ2) is 13.9. The molecule has 10 heteroatoms. The summed E-state index contributed by atoms with van der Waals surface area (Å²) in [7, 11) is 4.35. The number of unbranched alkanes of at least 4 members (excludes halogenated alkanes) is 1. The van der Waals surface area contributed by atoms with Gasteiger partial charge in [0, 0.05) is 64.3 Å². The van der Waals surface area contributed by atoms with Crippen molar-refractivity contribution in [3.05, 3.63) is 95.8 Å². The number of halogens is 1. The fraction of sp³-hybridized carbons (Fsp3) is 0.265. The Hall–Kier alpha value is -4.44. The lowest BCUT2D eigenvalue weighted by Crippen LogP contribution is -2.27. The Morgan fingerprint density at radius 1 is 0.818 bits per heavy atom. The quantitative estimate of drug-likeness (QED) is 0.113. The third kappa shape index (κ3) is 7.02. The van der Waals surface area contributed by atoms with E-state index in [0.717, 1.165) is 94.8 Å². The van der Waals surface area contributed by atoms with Crippen LogP contribution in [-0.4, -0.2) is 80.7 Å². The molecule has 3 aromatic carbocycles. The van der Waals surface area contributed by atoms with Gasteiger partial charge in [-0.05, 0) is 74.6 Å². The molecule has 44 heavy (non-hydrogen) atoms. The highest BCUT2D eigenvalue weighted by Gasteiger charge is 2.12. The number of benzene rings is 3. The van der Waals surface area contributed by atoms with Crippen molar-refractivity contribution in [2.75, 3.05) is 45.6 Å². The van der Waals surface area contributed by atoms with Gasteiger partial charge in [0.25, 0.3) is 0 Å². The van der Waals surface area contributed by atoms with E-state index in [-0.39, 0.29) is 0 Å². The van der Waals surface area contributed by atoms with Gasteiger partial charge in [0.05, 0.1) is 5.52 Å². The molecule has 2 N–H and O–H groups in total. The van der Waals surface area contributed by atoms with Gasteiger partial charge in [0.2, 0.25) is 5.82 Å². The molecule has 0 aliphatic heterocycles. The first-order chi connectivity index (χ1) is 21.5. The zero-order valence-corrected chi connectivity index (χ0v) is 25.8. The van der Waals surface area contributed by atoms with Gasteiger partial charge in [-0.25, -0.2) is 4.98 Å². The predicted molar refractivity (Wildman–Crippen MR) is 179 cm³/mol. The molecule has 0 saturated carbocycles. The summed E-state index contributed by atoms with van der Waals surface area (Å²) in [4.78, 5) is 14.1. The van der Waals surface area contributed by atoms with E-state index in [1.807, 2.05) is 54.9 Å². The van der Waals surface area contributed by atoms with Crippen LogP contribution in [0.5, 0.6) is 0 Å². The number of fused-ring (bicyclic) bond motifs is 3. The maximum Gasteiger partial charge on any atom is 0.204 e. The summed E-state index contributed by atoms with van der Waals surface area (Å²) >= 11 is 6.63. The first-order valence-corrected chi connectivity index (χ1v) is 15.3. The highest BCUT2D eigenvalue weighted by molar-refractivity contribution is 6.33. The van der Waals surface area contributed by atoms with E-state index in [0.29, 0.717) is 5.82 Å². The van der Waals surface area contributed by atoms with Crippen molar-refractivity contribution in [1.29, 1.82) is 0 Å². The number of nitrogens with one attached hydrogen (secondary N) is 2. The van der Waals surface area contributed by atoms with Crippen LogP contribution in [-0.2, 0) is 6.54 Å². The van der Waals surface area contributed by atoms with Crippen LogP contribution in [0, 0.1) is 0 Å². The lowest BCUT2D eigenvalue weighted by Gasteiger charge is -2.20. The first-order valence-electron chi connectivity index (χ1n) is 14.9. The molecule has 0 fully saturated rings. The minimum atomic E-state index is 0.546. The van der Waals surface area contributed by atoms with E-state index in [9.17, 15) is 0 Å². The minimum absolute atomic E-state index is 0.546. The van der Waals surface area contributed by atoms with Gasteiger partial charge in [-0.15, -0.1) is 10.2 Å². The number of likely N-dealkylation sites (N-methyl/N-ethyl adjacent to an activating group) is 1. The monoisotopic (exact) mass is 605 g/mol. The normalized spacial score (nSPS) is 11.7. The van der Waals surface area contributed by atoms with Crippen LogP contribution in [0.3, 0.4) is 0 Å². The molecule has 0 atom stereocenters. The van der Waals surface area contributed by atoms with Crippen molar-refractivity contribution in [1.82, 2.24) is 40.4 Å². The zero-order chi connectivity index (χ0) is 30.3. The van der Waals surface area contributed by atoms with Gasteiger partial charge in [-0.1, -0.05) is 66.2 Å². The highest BCUT2D eigenvalue weighted by Crippen LogP contribution is 2.31. The largest absolute Gasteiger partial charge is 0.368 e. The second-order valence-corrected chi connectivity index (χ2v) is 11.6. The van der Waals surface area contributed by atoms with Crippen LogP contribution in [0.15, 0.2) is 85.2 Å². The fourth-order valence-corrected chi connectivity index (χ4v) is 5.86. The van der Waals surface area contributed by atoms with Crippen molar-refractivity contribution >= 4 is 39.1 Å². The summed E-state index contributed by atoms with van der Waals surface area (Å²) in [6.45, 7) is 4.66. The van der Waals surface area contributed by atoms with Crippen molar-refractivity contribution in [2.45, 2.75) is 19.4 Å². The number of aromatic amines is 1. The third-order valence-corrected chi connectivity index (χ3v) is 8.20. The van der Waals surface area contributed by atoms with Gasteiger partial charge in [-0.2, -0.15) is 5.21 Å². The number of rotatable bonds is 13. The first kappa shape index (κ1) is 29.6. The Morgan fingerprint density at radius 3 is 2.45 bits per heavy atom. The molecular formula is C34H36ClN9. The molecule has 0 saturated heterocycles. The standard InChI is InChI=1S/C34H36ClN9/c1-43(17-6-7-18-44(2)23-24-10-12-27(31(35)20-24)25-8-4-3-5-9-25)19-16-37-34-29-14-15-36-22-30(29)28-13-11-26(21-32(28)38-34)33-39-41-42-40-33/h3-5,8-15,20-22H,6-7,16-19,23H2,1-2H3,(H,37,38)(H,39,40,41,42). The van der Waals surface area contributed by atoms with E-state index >= 15 is 0 Å². The van der Waals surface area contributed by atoms with Gasteiger partial charge in [0.15, 0.2) is 0 Å². The van der Waals surface area contributed by atoms with Crippen LogP contribution >= 0.6 is 11.6 Å². The maximum atomic E-state index is 6.63. The van der Waals surface area contributed by atoms with Crippen molar-refractivity contribution < 1.29 is 0 Å². The number of anilines is 1. The molecule has 224 valence electrons. The smallest absolute Gasteiger partial charge is 0.204 e. The number of tetrazole rings is 1. The average molecular weight is 606 g/mol. The van der Waals surface area contributed by atoms with Crippen molar-refractivity contribution in [3.8, 4) is 22.5 Å². The SMILES string of the molecule is CN(CCCCN(C)Cc1ccc(-c2ccccc2)c(Cl)c1)CCNc1nc2cc(-c3nn[nH]n3)ccc2c2cnccc12. The summed E-state index contributed by atoms with van der Waals surface area (Å²) < 4.78 is 0. The summed E-state index contributed by atoms with van der Waals surface area (Å²) in [6, 6.07) is 24.7. The van der Waals surface area contributed by atoms with Crippen LogP contribution in [0.2, 0.25) is 5.02 Å². The molecule has 9 nitrogen and oxygen atoms in total. The van der Waals surface area contributed by atoms with Crippen molar-refractivity contribution in [3.63, 3.8) is 0 Å². The molecule has 6 rings (SSSR count). The Balaban J connectivity index is 0.976. The molecule has 0 unspecified atom stereocenters. The van der Waals surface area contributed by atoms with Crippen LogP contribution < -0.4 is 5.32 Å². The van der Waals surface area contributed by atoms with Gasteiger partial charge >= 0.3 is 0 Å². The van der Waals surface area contributed by atoms with E-state index < -0.39 is 0 Å². The topological polar surface area (TPSA) is 98.8 Å². The molecule has 3 heterocycles. The number of nitrogens with zero attached hydrogens (tertiary/aromatic N) is 7.